The molecule has 0 spiro atoms. The number of aliphatic hydroxyl groups is 1. The van der Waals surface area contributed by atoms with Gasteiger partial charge < -0.3 is 28.9 Å². The molecule has 1 saturated heterocycles. The number of nitrogens with one attached hydrogen (secondary N) is 1. The first-order valence-corrected chi connectivity index (χ1v) is 7.66. The molecule has 1 aliphatic heterocycles. The van der Waals surface area contributed by atoms with E-state index in [0.29, 0.717) is 0 Å². The van der Waals surface area contributed by atoms with Crippen molar-refractivity contribution in [2.75, 3.05) is 13.0 Å². The van der Waals surface area contributed by atoms with Gasteiger partial charge in [-0.05, 0) is 14.5 Å². The van der Waals surface area contributed by atoms with Gasteiger partial charge in [0.2, 0.25) is 0 Å². The Hall–Kier alpha value is 0.710. The summed E-state index contributed by atoms with van der Waals surface area (Å²) >= 11 is 0. The molecule has 1 aliphatic rings. The third-order valence-corrected chi connectivity index (χ3v) is 3.44. The number of hydrogen-bond acceptors (Lipinski definition) is 8. The molecule has 1 aromatic rings. The Labute approximate surface area is 174 Å². The fourth-order valence-electron chi connectivity index (χ4n) is 1.93. The molecule has 118 valence electrons. The average Bonchev–Trinajstić information content (AvgIpc) is 2.72. The predicted molar refractivity (Wildman–Crippen MR) is 64.4 cm³/mol. The van der Waals surface area contributed by atoms with E-state index in [1.165, 1.54) is 13.1 Å². The van der Waals surface area contributed by atoms with E-state index < -0.39 is 43.6 Å². The van der Waals surface area contributed by atoms with E-state index in [9.17, 15) is 29.0 Å². The molecule has 0 bridgehead atoms. The predicted octanol–water partition coefficient (Wildman–Crippen LogP) is -9.00. The van der Waals surface area contributed by atoms with Gasteiger partial charge >= 0.3 is 64.8 Å². The van der Waals surface area contributed by atoms with E-state index in [4.69, 9.17) is 9.47 Å². The van der Waals surface area contributed by atoms with Crippen LogP contribution in [0.15, 0.2) is 15.8 Å². The third kappa shape index (κ3) is 6.18. The molecule has 2 rings (SSSR count). The zero-order valence-electron chi connectivity index (χ0n) is 12.9. The first kappa shape index (κ1) is 23.7. The summed E-state index contributed by atoms with van der Waals surface area (Å²) in [5.41, 5.74) is -1.11. The average molecular weight is 366 g/mol. The molecule has 0 aliphatic carbocycles. The van der Waals surface area contributed by atoms with Crippen LogP contribution in [0.1, 0.15) is 11.8 Å². The number of H-pyrrole nitrogens is 1. The van der Waals surface area contributed by atoms with Gasteiger partial charge in [-0.25, -0.2) is 4.79 Å². The second-order valence-electron chi connectivity index (χ2n) is 4.64. The second-order valence-corrected chi connectivity index (χ2v) is 6.12. The number of nitrogens with zero attached hydrogens (tertiary/aromatic N) is 1. The molecule has 2 heterocycles. The van der Waals surface area contributed by atoms with Gasteiger partial charge in [0.05, 0.1) is 13.0 Å². The van der Waals surface area contributed by atoms with Crippen LogP contribution in [0.25, 0.3) is 0 Å². The summed E-state index contributed by atoms with van der Waals surface area (Å²) in [7, 11) is -4.87. The van der Waals surface area contributed by atoms with Gasteiger partial charge in [0.15, 0.2) is 6.23 Å². The van der Waals surface area contributed by atoms with Crippen molar-refractivity contribution in [3.8, 4) is 0 Å². The quantitative estimate of drug-likeness (QED) is 0.393. The molecule has 23 heavy (non-hydrogen) atoms. The van der Waals surface area contributed by atoms with E-state index in [1.807, 2.05) is 0 Å². The summed E-state index contributed by atoms with van der Waals surface area (Å²) < 4.78 is 21.4. The molecule has 2 N–H and O–H groups in total. The SMILES string of the molecule is Cc1cn([C@@H]2OC[C@H](OCP(=O)([O-])[O-])[C@H]2O)c(=O)[nH]c1=O.[Na+].[Na+]. The van der Waals surface area contributed by atoms with E-state index in [0.717, 1.165) is 4.57 Å². The standard InChI is InChI=1S/C10H15N2O8P.2Na/c1-5-2-12(10(15)11-8(5)14)9-7(13)6(3-19-9)20-4-21(16,17)18;;/h2,6-7,9,13H,3-4H2,1H3,(H,11,14,15)(H2,16,17,18);;/q;2*+1/p-2/t6-,7+,9+;;/m0../s1. The number of aryl methyl sites for hydroxylation is 1. The monoisotopic (exact) mass is 366 g/mol. The maximum atomic E-state index is 11.7. The number of aliphatic hydroxyl groups excluding tert-OH is 1. The van der Waals surface area contributed by atoms with Gasteiger partial charge in [-0.2, -0.15) is 0 Å². The Kier molecular flexibility index (Phi) is 9.71. The van der Waals surface area contributed by atoms with Crippen molar-refractivity contribution in [3.05, 3.63) is 32.6 Å². The molecule has 0 amide bonds. The maximum Gasteiger partial charge on any atom is 1.00 e. The minimum Gasteiger partial charge on any atom is -0.809 e. The topological polar surface area (TPSA) is 157 Å². The number of aromatic nitrogens is 2. The molecule has 1 fully saturated rings. The van der Waals surface area contributed by atoms with E-state index in [1.54, 1.807) is 0 Å². The number of hydrogen-bond donors (Lipinski definition) is 2. The molecule has 10 nitrogen and oxygen atoms in total. The van der Waals surface area contributed by atoms with Crippen LogP contribution < -0.4 is 80.2 Å². The smallest absolute Gasteiger partial charge is 0.809 e. The fraction of sp³-hybridized carbons (Fsp3) is 0.600. The Bertz CT molecular complexity index is 686. The Morgan fingerprint density at radius 1 is 1.48 bits per heavy atom. The first-order valence-electron chi connectivity index (χ1n) is 5.93. The van der Waals surface area contributed by atoms with Gasteiger partial charge in [-0.15, -0.1) is 0 Å². The van der Waals surface area contributed by atoms with E-state index in [2.05, 4.69) is 4.98 Å². The molecule has 3 atom stereocenters. The number of ether oxygens (including phenoxy) is 2. The van der Waals surface area contributed by atoms with Gasteiger partial charge in [0.25, 0.3) is 5.56 Å². The molecule has 0 saturated carbocycles. The van der Waals surface area contributed by atoms with Crippen LogP contribution in [0.4, 0.5) is 0 Å². The molecular weight excluding hydrogens is 353 g/mol. The van der Waals surface area contributed by atoms with Crippen molar-refractivity contribution in [1.29, 1.82) is 0 Å². The van der Waals surface area contributed by atoms with E-state index >= 15 is 0 Å². The van der Waals surface area contributed by atoms with Crippen molar-refractivity contribution in [2.24, 2.45) is 0 Å². The summed E-state index contributed by atoms with van der Waals surface area (Å²) in [5.74, 6) is 0. The molecule has 0 unspecified atom stereocenters. The second kappa shape index (κ2) is 9.42. The summed E-state index contributed by atoms with van der Waals surface area (Å²) in [4.78, 5) is 46.0. The zero-order valence-corrected chi connectivity index (χ0v) is 17.8. The third-order valence-electron chi connectivity index (χ3n) is 2.97. The van der Waals surface area contributed by atoms with Crippen LogP contribution in [-0.4, -0.2) is 39.8 Å². The van der Waals surface area contributed by atoms with Crippen LogP contribution in [0.3, 0.4) is 0 Å². The molecular formula is C10H13N2Na2O8P. The Balaban J connectivity index is 0.00000242. The van der Waals surface area contributed by atoms with Gasteiger partial charge in [-0.1, -0.05) is 0 Å². The van der Waals surface area contributed by atoms with Gasteiger partial charge in [0.1, 0.15) is 12.2 Å². The number of rotatable bonds is 4. The molecule has 0 radical (unpaired) electrons. The van der Waals surface area contributed by atoms with Crippen LogP contribution in [-0.2, 0) is 14.0 Å². The van der Waals surface area contributed by atoms with Gasteiger partial charge in [0, 0.05) is 11.8 Å². The summed E-state index contributed by atoms with van der Waals surface area (Å²) in [5, 5.41) is 9.99. The Morgan fingerprint density at radius 3 is 2.65 bits per heavy atom. The minimum atomic E-state index is -4.87. The molecule has 13 heteroatoms. The van der Waals surface area contributed by atoms with Crippen LogP contribution in [0, 0.1) is 6.92 Å². The zero-order chi connectivity index (χ0) is 15.8. The van der Waals surface area contributed by atoms with Crippen molar-refractivity contribution in [3.63, 3.8) is 0 Å². The molecule has 1 aromatic heterocycles. The summed E-state index contributed by atoms with van der Waals surface area (Å²) in [6, 6.07) is 0. The minimum absolute atomic E-state index is 0. The van der Waals surface area contributed by atoms with Gasteiger partial charge in [-0.3, -0.25) is 14.3 Å². The van der Waals surface area contributed by atoms with Crippen LogP contribution >= 0.6 is 7.60 Å². The van der Waals surface area contributed by atoms with Crippen LogP contribution in [0.5, 0.6) is 0 Å². The summed E-state index contributed by atoms with van der Waals surface area (Å²) in [6.45, 7) is 1.27. The normalized spacial score (nSPS) is 23.9. The van der Waals surface area contributed by atoms with Crippen molar-refractivity contribution >= 4 is 7.60 Å². The van der Waals surface area contributed by atoms with Crippen LogP contribution in [0.2, 0.25) is 0 Å². The number of aromatic amines is 1. The maximum absolute atomic E-state index is 11.7. The molecule has 0 aromatic carbocycles. The van der Waals surface area contributed by atoms with Crippen molar-refractivity contribution in [1.82, 2.24) is 9.55 Å². The summed E-state index contributed by atoms with van der Waals surface area (Å²) in [6.07, 6.45) is -3.44. The van der Waals surface area contributed by atoms with E-state index in [-0.39, 0.29) is 71.3 Å². The largest absolute Gasteiger partial charge is 1.00 e. The fourth-order valence-corrected chi connectivity index (χ4v) is 2.30. The van der Waals surface area contributed by atoms with Crippen molar-refractivity contribution < 1.29 is 88.0 Å². The van der Waals surface area contributed by atoms with Crippen molar-refractivity contribution in [2.45, 2.75) is 25.4 Å². The first-order chi connectivity index (χ1) is 9.69. The Morgan fingerprint density at radius 2 is 2.09 bits per heavy atom.